The molecule has 96 valence electrons. The smallest absolute Gasteiger partial charge is 0.255 e. The standard InChI is InChI=1S/C15H14N2O2/c1-10-4-2-6-12-14(10)16-13(17-15(12)18)8-7-11-5-3-9-19-11/h2-9,13,16H,1H3,(H,17,18)/b8-7+. The van der Waals surface area contributed by atoms with Gasteiger partial charge in [-0.15, -0.1) is 0 Å². The number of hydrogen-bond donors (Lipinski definition) is 2. The van der Waals surface area contributed by atoms with Crippen molar-refractivity contribution in [2.75, 3.05) is 5.32 Å². The van der Waals surface area contributed by atoms with Crippen LogP contribution in [0.3, 0.4) is 0 Å². The number of amides is 1. The van der Waals surface area contributed by atoms with Gasteiger partial charge in [0.2, 0.25) is 0 Å². The van der Waals surface area contributed by atoms with Gasteiger partial charge in [-0.25, -0.2) is 0 Å². The van der Waals surface area contributed by atoms with Gasteiger partial charge >= 0.3 is 0 Å². The maximum Gasteiger partial charge on any atom is 0.255 e. The highest BCUT2D eigenvalue weighted by atomic mass is 16.3. The molecular weight excluding hydrogens is 240 g/mol. The topological polar surface area (TPSA) is 54.3 Å². The molecule has 4 heteroatoms. The van der Waals surface area contributed by atoms with Gasteiger partial charge in [-0.3, -0.25) is 4.79 Å². The SMILES string of the molecule is Cc1cccc2c1NC(/C=C/c1ccco1)NC2=O. The summed E-state index contributed by atoms with van der Waals surface area (Å²) in [6.07, 6.45) is 5.09. The second kappa shape index (κ2) is 4.65. The Morgan fingerprint density at radius 1 is 1.21 bits per heavy atom. The zero-order chi connectivity index (χ0) is 13.2. The minimum absolute atomic E-state index is 0.0634. The first kappa shape index (κ1) is 11.6. The molecule has 1 aromatic carbocycles. The summed E-state index contributed by atoms with van der Waals surface area (Å²) in [5.74, 6) is 0.693. The van der Waals surface area contributed by atoms with E-state index in [2.05, 4.69) is 10.6 Å². The largest absolute Gasteiger partial charge is 0.465 e. The highest BCUT2D eigenvalue weighted by Gasteiger charge is 2.22. The third-order valence-electron chi connectivity index (χ3n) is 3.10. The molecule has 2 heterocycles. The Labute approximate surface area is 111 Å². The number of para-hydroxylation sites is 1. The molecule has 3 rings (SSSR count). The van der Waals surface area contributed by atoms with E-state index in [9.17, 15) is 4.79 Å². The van der Waals surface area contributed by atoms with Crippen LogP contribution in [0.1, 0.15) is 21.7 Å². The molecule has 0 spiro atoms. The highest BCUT2D eigenvalue weighted by Crippen LogP contribution is 2.24. The predicted octanol–water partition coefficient (Wildman–Crippen LogP) is 2.78. The molecule has 1 atom stereocenters. The number of furan rings is 1. The minimum Gasteiger partial charge on any atom is -0.465 e. The second-order valence-electron chi connectivity index (χ2n) is 4.47. The van der Waals surface area contributed by atoms with Crippen molar-refractivity contribution < 1.29 is 9.21 Å². The number of carbonyl (C=O) groups is 1. The molecule has 0 saturated heterocycles. The van der Waals surface area contributed by atoms with Crippen molar-refractivity contribution in [3.8, 4) is 0 Å². The fourth-order valence-electron chi connectivity index (χ4n) is 2.13. The van der Waals surface area contributed by atoms with Crippen molar-refractivity contribution in [3.63, 3.8) is 0 Å². The van der Waals surface area contributed by atoms with Crippen molar-refractivity contribution in [2.45, 2.75) is 13.1 Å². The lowest BCUT2D eigenvalue weighted by Gasteiger charge is -2.26. The number of aryl methyl sites for hydroxylation is 1. The molecule has 4 nitrogen and oxygen atoms in total. The Kier molecular flexibility index (Phi) is 2.83. The van der Waals surface area contributed by atoms with Crippen LogP contribution in [0.15, 0.2) is 47.1 Å². The molecule has 2 aromatic rings. The Morgan fingerprint density at radius 2 is 2.11 bits per heavy atom. The fourth-order valence-corrected chi connectivity index (χ4v) is 2.13. The summed E-state index contributed by atoms with van der Waals surface area (Å²) in [5, 5.41) is 6.18. The van der Waals surface area contributed by atoms with Gasteiger partial charge in [0.1, 0.15) is 11.9 Å². The summed E-state index contributed by atoms with van der Waals surface area (Å²) in [7, 11) is 0. The van der Waals surface area contributed by atoms with Crippen LogP contribution in [-0.4, -0.2) is 12.1 Å². The molecule has 0 saturated carbocycles. The molecule has 1 aromatic heterocycles. The second-order valence-corrected chi connectivity index (χ2v) is 4.47. The maximum atomic E-state index is 12.0. The van der Waals surface area contributed by atoms with E-state index >= 15 is 0 Å². The normalized spacial score (nSPS) is 17.9. The zero-order valence-electron chi connectivity index (χ0n) is 10.5. The van der Waals surface area contributed by atoms with Crippen LogP contribution < -0.4 is 10.6 Å². The molecule has 2 N–H and O–H groups in total. The van der Waals surface area contributed by atoms with Crippen LogP contribution in [0.2, 0.25) is 0 Å². The fraction of sp³-hybridized carbons (Fsp3) is 0.133. The van der Waals surface area contributed by atoms with E-state index in [1.165, 1.54) is 0 Å². The summed E-state index contributed by atoms with van der Waals surface area (Å²) < 4.78 is 5.22. The Balaban J connectivity index is 1.85. The molecule has 19 heavy (non-hydrogen) atoms. The van der Waals surface area contributed by atoms with Crippen molar-refractivity contribution in [2.24, 2.45) is 0 Å². The Morgan fingerprint density at radius 3 is 2.89 bits per heavy atom. The van der Waals surface area contributed by atoms with E-state index in [0.717, 1.165) is 17.0 Å². The van der Waals surface area contributed by atoms with Crippen molar-refractivity contribution >= 4 is 17.7 Å². The first-order valence-corrected chi connectivity index (χ1v) is 6.13. The van der Waals surface area contributed by atoms with E-state index in [1.54, 1.807) is 6.26 Å². The number of nitrogens with one attached hydrogen (secondary N) is 2. The third kappa shape index (κ3) is 2.25. The summed E-state index contributed by atoms with van der Waals surface area (Å²) in [4.78, 5) is 12.0. The number of anilines is 1. The van der Waals surface area contributed by atoms with Gasteiger partial charge in [0.05, 0.1) is 17.5 Å². The average Bonchev–Trinajstić information content (AvgIpc) is 2.91. The average molecular weight is 254 g/mol. The van der Waals surface area contributed by atoms with Gasteiger partial charge in [-0.2, -0.15) is 0 Å². The van der Waals surface area contributed by atoms with Crippen LogP contribution in [0.5, 0.6) is 0 Å². The lowest BCUT2D eigenvalue weighted by atomic mass is 10.0. The van der Waals surface area contributed by atoms with E-state index in [-0.39, 0.29) is 12.1 Å². The van der Waals surface area contributed by atoms with Crippen molar-refractivity contribution in [1.82, 2.24) is 5.32 Å². The van der Waals surface area contributed by atoms with Crippen molar-refractivity contribution in [1.29, 1.82) is 0 Å². The summed E-state index contributed by atoms with van der Waals surface area (Å²) >= 11 is 0. The van der Waals surface area contributed by atoms with Gasteiger partial charge in [0.15, 0.2) is 0 Å². The lowest BCUT2D eigenvalue weighted by molar-refractivity contribution is 0.0943. The molecule has 0 fully saturated rings. The van der Waals surface area contributed by atoms with Crippen molar-refractivity contribution in [3.05, 3.63) is 59.6 Å². The highest BCUT2D eigenvalue weighted by molar-refractivity contribution is 6.02. The Hall–Kier alpha value is -2.49. The maximum absolute atomic E-state index is 12.0. The monoisotopic (exact) mass is 254 g/mol. The van der Waals surface area contributed by atoms with Crippen LogP contribution in [0.25, 0.3) is 6.08 Å². The van der Waals surface area contributed by atoms with Gasteiger partial charge in [-0.1, -0.05) is 12.1 Å². The first-order valence-electron chi connectivity index (χ1n) is 6.13. The molecule has 1 aliphatic rings. The number of hydrogen-bond acceptors (Lipinski definition) is 3. The summed E-state index contributed by atoms with van der Waals surface area (Å²) in [6, 6.07) is 9.37. The van der Waals surface area contributed by atoms with E-state index in [4.69, 9.17) is 4.42 Å². The molecule has 0 radical (unpaired) electrons. The Bertz CT molecular complexity index is 630. The molecule has 0 bridgehead atoms. The molecule has 1 aliphatic heterocycles. The van der Waals surface area contributed by atoms with Crippen LogP contribution >= 0.6 is 0 Å². The van der Waals surface area contributed by atoms with E-state index < -0.39 is 0 Å². The summed E-state index contributed by atoms with van der Waals surface area (Å²) in [6.45, 7) is 1.98. The predicted molar refractivity (Wildman–Crippen MR) is 73.8 cm³/mol. The van der Waals surface area contributed by atoms with Gasteiger partial charge in [0, 0.05) is 0 Å². The first-order chi connectivity index (χ1) is 9.24. The van der Waals surface area contributed by atoms with Crippen LogP contribution in [-0.2, 0) is 0 Å². The summed E-state index contributed by atoms with van der Waals surface area (Å²) in [5.41, 5.74) is 2.63. The van der Waals surface area contributed by atoms with Crippen LogP contribution in [0, 0.1) is 6.92 Å². The number of benzene rings is 1. The third-order valence-corrected chi connectivity index (χ3v) is 3.10. The quantitative estimate of drug-likeness (QED) is 0.866. The number of fused-ring (bicyclic) bond motifs is 1. The molecule has 0 aliphatic carbocycles. The zero-order valence-corrected chi connectivity index (χ0v) is 10.5. The van der Waals surface area contributed by atoms with Gasteiger partial charge in [0.25, 0.3) is 5.91 Å². The minimum atomic E-state index is -0.230. The van der Waals surface area contributed by atoms with E-state index in [0.29, 0.717) is 5.56 Å². The molecular formula is C15H14N2O2. The lowest BCUT2D eigenvalue weighted by Crippen LogP contribution is -2.43. The number of carbonyl (C=O) groups excluding carboxylic acids is 1. The van der Waals surface area contributed by atoms with E-state index in [1.807, 2.05) is 49.4 Å². The molecule has 1 amide bonds. The molecule has 1 unspecified atom stereocenters. The number of rotatable bonds is 2. The van der Waals surface area contributed by atoms with Crippen LogP contribution in [0.4, 0.5) is 5.69 Å². The van der Waals surface area contributed by atoms with Gasteiger partial charge < -0.3 is 15.1 Å². The van der Waals surface area contributed by atoms with Gasteiger partial charge in [-0.05, 0) is 42.8 Å².